The first kappa shape index (κ1) is 19.6. The van der Waals surface area contributed by atoms with E-state index in [0.717, 1.165) is 30.4 Å². The lowest BCUT2D eigenvalue weighted by Crippen LogP contribution is -2.51. The smallest absolute Gasteiger partial charge is 0.251 e. The number of rotatable bonds is 4. The molecule has 6 nitrogen and oxygen atoms in total. The molecule has 0 bridgehead atoms. The Labute approximate surface area is 171 Å². The van der Waals surface area contributed by atoms with Crippen molar-refractivity contribution in [1.82, 2.24) is 21.1 Å². The van der Waals surface area contributed by atoms with Gasteiger partial charge in [-0.05, 0) is 43.4 Å². The normalized spacial score (nSPS) is 22.4. The van der Waals surface area contributed by atoms with Crippen molar-refractivity contribution in [3.05, 3.63) is 71.3 Å². The fourth-order valence-electron chi connectivity index (χ4n) is 4.18. The zero-order chi connectivity index (χ0) is 20.2. The average molecular weight is 393 g/mol. The molecule has 0 spiro atoms. The standard InChI is InChI=1S/C23H28N4O2/c1-16-7-5-6-10-19(16)22(28)24-18-11-13-27(14-12-18)23(29)21-15-20(25-26-21)17-8-3-2-4-9-17/h2-10,18,20-21,25-26H,11-15H2,1H3,(H,24,28). The van der Waals surface area contributed by atoms with E-state index in [1.165, 1.54) is 5.56 Å². The third-order valence-electron chi connectivity index (χ3n) is 5.93. The Morgan fingerprint density at radius 2 is 1.66 bits per heavy atom. The minimum absolute atomic E-state index is 0.0276. The maximum Gasteiger partial charge on any atom is 0.251 e. The van der Waals surface area contributed by atoms with E-state index in [4.69, 9.17) is 0 Å². The minimum Gasteiger partial charge on any atom is -0.349 e. The molecule has 2 fully saturated rings. The molecular formula is C23H28N4O2. The molecule has 2 heterocycles. The van der Waals surface area contributed by atoms with Gasteiger partial charge in [-0.25, -0.2) is 10.9 Å². The van der Waals surface area contributed by atoms with Crippen LogP contribution in [0.4, 0.5) is 0 Å². The SMILES string of the molecule is Cc1ccccc1C(=O)NC1CCN(C(=O)C2CC(c3ccccc3)NN2)CC1. The van der Waals surface area contributed by atoms with E-state index in [9.17, 15) is 9.59 Å². The van der Waals surface area contributed by atoms with Crippen molar-refractivity contribution in [2.24, 2.45) is 0 Å². The molecule has 6 heteroatoms. The molecule has 3 N–H and O–H groups in total. The van der Waals surface area contributed by atoms with Crippen LogP contribution in [0.15, 0.2) is 54.6 Å². The van der Waals surface area contributed by atoms with E-state index in [2.05, 4.69) is 28.3 Å². The molecule has 2 aromatic rings. The van der Waals surface area contributed by atoms with Crippen LogP contribution in [0.2, 0.25) is 0 Å². The van der Waals surface area contributed by atoms with E-state index in [-0.39, 0.29) is 29.9 Å². The van der Waals surface area contributed by atoms with Gasteiger partial charge in [0.2, 0.25) is 5.91 Å². The van der Waals surface area contributed by atoms with Crippen molar-refractivity contribution >= 4 is 11.8 Å². The van der Waals surface area contributed by atoms with Gasteiger partial charge in [-0.3, -0.25) is 9.59 Å². The Morgan fingerprint density at radius 1 is 0.966 bits per heavy atom. The fourth-order valence-corrected chi connectivity index (χ4v) is 4.18. The fraction of sp³-hybridized carbons (Fsp3) is 0.391. The number of aryl methyl sites for hydroxylation is 1. The number of nitrogens with one attached hydrogen (secondary N) is 3. The van der Waals surface area contributed by atoms with Gasteiger partial charge < -0.3 is 10.2 Å². The van der Waals surface area contributed by atoms with Gasteiger partial charge in [-0.1, -0.05) is 48.5 Å². The lowest BCUT2D eigenvalue weighted by Gasteiger charge is -2.33. The number of nitrogens with zero attached hydrogens (tertiary/aromatic N) is 1. The molecule has 0 aliphatic carbocycles. The van der Waals surface area contributed by atoms with Crippen LogP contribution in [0.3, 0.4) is 0 Å². The summed E-state index contributed by atoms with van der Waals surface area (Å²) in [5, 5.41) is 3.13. The van der Waals surface area contributed by atoms with Crippen LogP contribution in [0.25, 0.3) is 0 Å². The van der Waals surface area contributed by atoms with Gasteiger partial charge in [0.1, 0.15) is 6.04 Å². The molecule has 2 unspecified atom stereocenters. The summed E-state index contributed by atoms with van der Waals surface area (Å²) >= 11 is 0. The summed E-state index contributed by atoms with van der Waals surface area (Å²) < 4.78 is 0. The van der Waals surface area contributed by atoms with Crippen molar-refractivity contribution in [3.63, 3.8) is 0 Å². The number of amides is 2. The summed E-state index contributed by atoms with van der Waals surface area (Å²) in [6.07, 6.45) is 2.31. The van der Waals surface area contributed by atoms with Crippen LogP contribution in [0, 0.1) is 6.92 Å². The van der Waals surface area contributed by atoms with Gasteiger partial charge in [0.15, 0.2) is 0 Å². The quantitative estimate of drug-likeness (QED) is 0.747. The highest BCUT2D eigenvalue weighted by atomic mass is 16.2. The van der Waals surface area contributed by atoms with Gasteiger partial charge >= 0.3 is 0 Å². The molecule has 152 valence electrons. The van der Waals surface area contributed by atoms with Crippen molar-refractivity contribution in [3.8, 4) is 0 Å². The summed E-state index contributed by atoms with van der Waals surface area (Å²) in [4.78, 5) is 27.3. The lowest BCUT2D eigenvalue weighted by molar-refractivity contribution is -0.134. The summed E-state index contributed by atoms with van der Waals surface area (Å²) in [6, 6.07) is 17.9. The third kappa shape index (κ3) is 4.49. The summed E-state index contributed by atoms with van der Waals surface area (Å²) in [6.45, 7) is 3.29. The topological polar surface area (TPSA) is 73.5 Å². The van der Waals surface area contributed by atoms with E-state index in [1.54, 1.807) is 0 Å². The molecule has 0 aromatic heterocycles. The predicted octanol–water partition coefficient (Wildman–Crippen LogP) is 2.32. The van der Waals surface area contributed by atoms with Crippen LogP contribution in [0.5, 0.6) is 0 Å². The van der Waals surface area contributed by atoms with Crippen LogP contribution >= 0.6 is 0 Å². The molecule has 0 radical (unpaired) electrons. The van der Waals surface area contributed by atoms with Crippen LogP contribution in [0.1, 0.15) is 46.8 Å². The zero-order valence-corrected chi connectivity index (χ0v) is 16.7. The molecule has 2 saturated heterocycles. The monoisotopic (exact) mass is 392 g/mol. The predicted molar refractivity (Wildman–Crippen MR) is 112 cm³/mol. The van der Waals surface area contributed by atoms with Crippen LogP contribution in [-0.2, 0) is 4.79 Å². The van der Waals surface area contributed by atoms with Gasteiger partial charge in [0.25, 0.3) is 5.91 Å². The summed E-state index contributed by atoms with van der Waals surface area (Å²) in [5.74, 6) is 0.111. The molecular weight excluding hydrogens is 364 g/mol. The summed E-state index contributed by atoms with van der Waals surface area (Å²) in [5.41, 5.74) is 9.30. The highest BCUT2D eigenvalue weighted by molar-refractivity contribution is 5.95. The highest BCUT2D eigenvalue weighted by Gasteiger charge is 2.34. The first-order valence-corrected chi connectivity index (χ1v) is 10.3. The average Bonchev–Trinajstić information content (AvgIpc) is 3.25. The van der Waals surface area contributed by atoms with E-state index >= 15 is 0 Å². The number of carbonyl (C=O) groups is 2. The van der Waals surface area contributed by atoms with Gasteiger partial charge in [0.05, 0.1) is 0 Å². The number of hydrazine groups is 1. The van der Waals surface area contributed by atoms with Gasteiger partial charge in [-0.2, -0.15) is 0 Å². The van der Waals surface area contributed by atoms with Crippen molar-refractivity contribution in [1.29, 1.82) is 0 Å². The number of likely N-dealkylation sites (tertiary alicyclic amines) is 1. The second-order valence-electron chi connectivity index (χ2n) is 7.93. The first-order valence-electron chi connectivity index (χ1n) is 10.3. The van der Waals surface area contributed by atoms with E-state index < -0.39 is 0 Å². The maximum atomic E-state index is 12.9. The van der Waals surface area contributed by atoms with Crippen molar-refractivity contribution in [2.75, 3.05) is 13.1 Å². The lowest BCUT2D eigenvalue weighted by atomic mass is 9.99. The molecule has 4 rings (SSSR count). The second kappa shape index (κ2) is 8.76. The molecule has 2 aliphatic rings. The second-order valence-corrected chi connectivity index (χ2v) is 7.93. The Balaban J connectivity index is 1.27. The van der Waals surface area contributed by atoms with Crippen LogP contribution in [-0.4, -0.2) is 41.9 Å². The number of hydrogen-bond donors (Lipinski definition) is 3. The van der Waals surface area contributed by atoms with Gasteiger partial charge in [0, 0.05) is 30.7 Å². The number of hydrogen-bond acceptors (Lipinski definition) is 4. The molecule has 0 saturated carbocycles. The molecule has 2 atom stereocenters. The van der Waals surface area contributed by atoms with Gasteiger partial charge in [-0.15, -0.1) is 0 Å². The zero-order valence-electron chi connectivity index (χ0n) is 16.7. The molecule has 2 aliphatic heterocycles. The first-order chi connectivity index (χ1) is 14.1. The van der Waals surface area contributed by atoms with E-state index in [0.29, 0.717) is 13.1 Å². The summed E-state index contributed by atoms with van der Waals surface area (Å²) in [7, 11) is 0. The number of benzene rings is 2. The Bertz CT molecular complexity index is 862. The Kier molecular flexibility index (Phi) is 5.92. The largest absolute Gasteiger partial charge is 0.349 e. The number of carbonyl (C=O) groups excluding carboxylic acids is 2. The highest BCUT2D eigenvalue weighted by Crippen LogP contribution is 2.24. The third-order valence-corrected chi connectivity index (χ3v) is 5.93. The van der Waals surface area contributed by atoms with Crippen molar-refractivity contribution in [2.45, 2.75) is 44.3 Å². The Morgan fingerprint density at radius 3 is 2.38 bits per heavy atom. The molecule has 29 heavy (non-hydrogen) atoms. The molecule has 2 aromatic carbocycles. The molecule has 2 amide bonds. The van der Waals surface area contributed by atoms with Crippen LogP contribution < -0.4 is 16.2 Å². The maximum absolute atomic E-state index is 12.9. The van der Waals surface area contributed by atoms with E-state index in [1.807, 2.05) is 54.3 Å². The Hall–Kier alpha value is -2.70. The van der Waals surface area contributed by atoms with Crippen molar-refractivity contribution < 1.29 is 9.59 Å². The minimum atomic E-state index is -0.210. The number of piperidine rings is 1.